The van der Waals surface area contributed by atoms with Crippen molar-refractivity contribution in [3.8, 4) is 11.1 Å². The van der Waals surface area contributed by atoms with Crippen molar-refractivity contribution in [2.75, 3.05) is 0 Å². The Bertz CT molecular complexity index is 1300. The zero-order valence-corrected chi connectivity index (χ0v) is 16.7. The lowest BCUT2D eigenvalue weighted by Gasteiger charge is -2.21. The average Bonchev–Trinajstić information content (AvgIpc) is 2.73. The van der Waals surface area contributed by atoms with E-state index in [0.717, 1.165) is 0 Å². The van der Waals surface area contributed by atoms with E-state index in [9.17, 15) is 0 Å². The molecule has 0 spiro atoms. The monoisotopic (exact) mass is 360 g/mol. The van der Waals surface area contributed by atoms with Crippen LogP contribution in [0.2, 0.25) is 0 Å². The van der Waals surface area contributed by atoms with Crippen molar-refractivity contribution in [1.29, 1.82) is 0 Å². The highest BCUT2D eigenvalue weighted by atomic mass is 14.2. The van der Waals surface area contributed by atoms with E-state index in [4.69, 9.17) is 0 Å². The Morgan fingerprint density at radius 3 is 1.61 bits per heavy atom. The summed E-state index contributed by atoms with van der Waals surface area (Å²) in [5.74, 6) is 0. The van der Waals surface area contributed by atoms with Crippen LogP contribution in [-0.4, -0.2) is 0 Å². The predicted molar refractivity (Wildman–Crippen MR) is 123 cm³/mol. The number of hydrogen-bond donors (Lipinski definition) is 0. The van der Waals surface area contributed by atoms with Gasteiger partial charge in [-0.05, 0) is 66.6 Å². The van der Waals surface area contributed by atoms with Crippen LogP contribution >= 0.6 is 0 Å². The van der Waals surface area contributed by atoms with Crippen LogP contribution in [0.4, 0.5) is 0 Å². The third-order valence-corrected chi connectivity index (χ3v) is 5.81. The van der Waals surface area contributed by atoms with Crippen molar-refractivity contribution in [3.05, 3.63) is 96.6 Å². The fourth-order valence-corrected chi connectivity index (χ4v) is 4.23. The molecule has 0 heterocycles. The van der Waals surface area contributed by atoms with Crippen LogP contribution in [-0.2, 0) is 5.41 Å². The van der Waals surface area contributed by atoms with Crippen LogP contribution < -0.4 is 0 Å². The molecule has 0 heteroatoms. The van der Waals surface area contributed by atoms with E-state index < -0.39 is 0 Å². The van der Waals surface area contributed by atoms with Crippen LogP contribution in [0.3, 0.4) is 0 Å². The fraction of sp³-hybridized carbons (Fsp3) is 0.143. The summed E-state index contributed by atoms with van der Waals surface area (Å²) in [4.78, 5) is 0. The summed E-state index contributed by atoms with van der Waals surface area (Å²) in [6.45, 7) is 6.84. The molecular formula is C28H24. The molecule has 0 saturated heterocycles. The van der Waals surface area contributed by atoms with Crippen LogP contribution in [0.5, 0.6) is 0 Å². The lowest BCUT2D eigenvalue weighted by atomic mass is 9.84. The van der Waals surface area contributed by atoms with E-state index in [1.807, 2.05) is 0 Å². The quantitative estimate of drug-likeness (QED) is 0.265. The second kappa shape index (κ2) is 6.21. The molecule has 0 N–H and O–H groups in total. The Labute approximate surface area is 166 Å². The molecule has 0 aliphatic carbocycles. The first-order valence-corrected chi connectivity index (χ1v) is 9.96. The number of benzene rings is 5. The van der Waals surface area contributed by atoms with Crippen molar-refractivity contribution >= 4 is 32.3 Å². The number of hydrogen-bond acceptors (Lipinski definition) is 0. The molecule has 0 aromatic heterocycles. The molecule has 0 unspecified atom stereocenters. The summed E-state index contributed by atoms with van der Waals surface area (Å²) in [6.07, 6.45) is 0. The van der Waals surface area contributed by atoms with Crippen molar-refractivity contribution in [1.82, 2.24) is 0 Å². The molecule has 136 valence electrons. The first-order valence-electron chi connectivity index (χ1n) is 9.96. The third-order valence-electron chi connectivity index (χ3n) is 5.81. The van der Waals surface area contributed by atoms with Gasteiger partial charge in [-0.2, -0.15) is 0 Å². The van der Waals surface area contributed by atoms with Gasteiger partial charge in [-0.1, -0.05) is 99.6 Å². The van der Waals surface area contributed by atoms with Crippen molar-refractivity contribution in [2.45, 2.75) is 26.2 Å². The molecule has 5 rings (SSSR count). The molecule has 0 bridgehead atoms. The highest BCUT2D eigenvalue weighted by molar-refractivity contribution is 6.25. The van der Waals surface area contributed by atoms with Gasteiger partial charge in [-0.15, -0.1) is 0 Å². The predicted octanol–water partition coefficient (Wildman–Crippen LogP) is 8.11. The highest BCUT2D eigenvalue weighted by Crippen LogP contribution is 2.38. The second-order valence-electron chi connectivity index (χ2n) is 8.68. The van der Waals surface area contributed by atoms with Crippen molar-refractivity contribution in [3.63, 3.8) is 0 Å². The lowest BCUT2D eigenvalue weighted by Crippen LogP contribution is -2.10. The smallest absolute Gasteiger partial charge is 0.00928 e. The first-order chi connectivity index (χ1) is 13.5. The molecule has 0 aliphatic heterocycles. The molecule has 5 aromatic rings. The van der Waals surface area contributed by atoms with Crippen LogP contribution in [0.15, 0.2) is 91.0 Å². The van der Waals surface area contributed by atoms with E-state index >= 15 is 0 Å². The van der Waals surface area contributed by atoms with E-state index in [1.54, 1.807) is 0 Å². The summed E-state index contributed by atoms with van der Waals surface area (Å²) < 4.78 is 0. The van der Waals surface area contributed by atoms with Crippen LogP contribution in [0, 0.1) is 0 Å². The van der Waals surface area contributed by atoms with Gasteiger partial charge in [0.2, 0.25) is 0 Å². The third kappa shape index (κ3) is 2.68. The molecular weight excluding hydrogens is 336 g/mol. The second-order valence-corrected chi connectivity index (χ2v) is 8.68. The normalized spacial score (nSPS) is 12.1. The van der Waals surface area contributed by atoms with Gasteiger partial charge in [0.05, 0.1) is 0 Å². The standard InChI is InChI=1S/C28H24/c1-28(2,3)21-14-16-25-24-15-13-20(19-9-5-4-6-10-19)17-26(24)22-11-7-8-12-23(22)27(25)18-21/h4-18H,1-3H3. The van der Waals surface area contributed by atoms with Gasteiger partial charge in [0.15, 0.2) is 0 Å². The lowest BCUT2D eigenvalue weighted by molar-refractivity contribution is 0.591. The molecule has 0 fully saturated rings. The van der Waals surface area contributed by atoms with Gasteiger partial charge in [0, 0.05) is 0 Å². The summed E-state index contributed by atoms with van der Waals surface area (Å²) in [5, 5.41) is 8.00. The minimum Gasteiger partial charge on any atom is -0.0622 e. The average molecular weight is 361 g/mol. The maximum atomic E-state index is 2.39. The fourth-order valence-electron chi connectivity index (χ4n) is 4.23. The molecule has 0 aliphatic rings. The largest absolute Gasteiger partial charge is 0.0622 e. The number of fused-ring (bicyclic) bond motifs is 6. The molecule has 5 aromatic carbocycles. The minimum absolute atomic E-state index is 0.140. The summed E-state index contributed by atoms with van der Waals surface area (Å²) >= 11 is 0. The van der Waals surface area contributed by atoms with Gasteiger partial charge in [-0.3, -0.25) is 0 Å². The maximum absolute atomic E-state index is 2.39. The SMILES string of the molecule is CC(C)(C)c1ccc2c3ccc(-c4ccccc4)cc3c3ccccc3c2c1. The first kappa shape index (κ1) is 17.0. The topological polar surface area (TPSA) is 0 Å². The summed E-state index contributed by atoms with van der Waals surface area (Å²) in [7, 11) is 0. The van der Waals surface area contributed by atoms with E-state index in [2.05, 4.69) is 112 Å². The zero-order chi connectivity index (χ0) is 19.3. The van der Waals surface area contributed by atoms with Crippen molar-refractivity contribution < 1.29 is 0 Å². The summed E-state index contributed by atoms with van der Waals surface area (Å²) in [5.41, 5.74) is 4.05. The molecule has 0 nitrogen and oxygen atoms in total. The van der Waals surface area contributed by atoms with Gasteiger partial charge in [-0.25, -0.2) is 0 Å². The maximum Gasteiger partial charge on any atom is -0.00928 e. The van der Waals surface area contributed by atoms with E-state index in [0.29, 0.717) is 0 Å². The Hall–Kier alpha value is -3.12. The van der Waals surface area contributed by atoms with Crippen molar-refractivity contribution in [2.24, 2.45) is 0 Å². The van der Waals surface area contributed by atoms with Gasteiger partial charge < -0.3 is 0 Å². The Balaban J connectivity index is 1.90. The van der Waals surface area contributed by atoms with E-state index in [-0.39, 0.29) is 5.41 Å². The van der Waals surface area contributed by atoms with Crippen LogP contribution in [0.1, 0.15) is 26.3 Å². The molecule has 0 amide bonds. The minimum atomic E-state index is 0.140. The van der Waals surface area contributed by atoms with Gasteiger partial charge in [0.1, 0.15) is 0 Å². The van der Waals surface area contributed by atoms with Crippen LogP contribution in [0.25, 0.3) is 43.4 Å². The Kier molecular flexibility index (Phi) is 3.77. The summed E-state index contributed by atoms with van der Waals surface area (Å²) in [6, 6.07) is 33.4. The molecule has 0 atom stereocenters. The number of rotatable bonds is 1. The van der Waals surface area contributed by atoms with E-state index in [1.165, 1.54) is 49.0 Å². The molecule has 0 radical (unpaired) electrons. The molecule has 28 heavy (non-hydrogen) atoms. The zero-order valence-electron chi connectivity index (χ0n) is 16.7. The molecule has 0 saturated carbocycles. The van der Waals surface area contributed by atoms with Gasteiger partial charge in [0.25, 0.3) is 0 Å². The Morgan fingerprint density at radius 1 is 0.429 bits per heavy atom. The van der Waals surface area contributed by atoms with Gasteiger partial charge >= 0.3 is 0 Å². The highest BCUT2D eigenvalue weighted by Gasteiger charge is 2.16. The Morgan fingerprint density at radius 2 is 0.964 bits per heavy atom.